The molecule has 7 nitrogen and oxygen atoms in total. The predicted octanol–water partition coefficient (Wildman–Crippen LogP) is -0.968. The molecule has 86 valence electrons. The number of carboxylic acid groups (broad SMARTS) is 2. The summed E-state index contributed by atoms with van der Waals surface area (Å²) in [5.41, 5.74) is 2.09. The minimum atomic E-state index is -1.10. The SMILES string of the molecule is NNC(=S)NC(CCCC(=O)O)C(=O)O. The predicted molar refractivity (Wildman–Crippen MR) is 56.0 cm³/mol. The van der Waals surface area contributed by atoms with Crippen LogP contribution >= 0.6 is 12.2 Å². The Morgan fingerprint density at radius 2 is 2.00 bits per heavy atom. The molecule has 0 aromatic heterocycles. The van der Waals surface area contributed by atoms with E-state index in [1.54, 1.807) is 0 Å². The molecule has 6 N–H and O–H groups in total. The lowest BCUT2D eigenvalue weighted by atomic mass is 10.1. The summed E-state index contributed by atoms with van der Waals surface area (Å²) in [7, 11) is 0. The van der Waals surface area contributed by atoms with Gasteiger partial charge in [-0.15, -0.1) is 0 Å². The van der Waals surface area contributed by atoms with E-state index < -0.39 is 18.0 Å². The number of hydrazine groups is 1. The Morgan fingerprint density at radius 1 is 1.40 bits per heavy atom. The maximum Gasteiger partial charge on any atom is 0.326 e. The van der Waals surface area contributed by atoms with Crippen LogP contribution < -0.4 is 16.6 Å². The molecule has 0 aromatic rings. The molecule has 0 heterocycles. The van der Waals surface area contributed by atoms with E-state index >= 15 is 0 Å². The van der Waals surface area contributed by atoms with Crippen molar-refractivity contribution in [1.29, 1.82) is 0 Å². The molecule has 0 fully saturated rings. The minimum absolute atomic E-state index is 0.0118. The second kappa shape index (κ2) is 6.96. The summed E-state index contributed by atoms with van der Waals surface area (Å²) in [4.78, 5) is 20.9. The van der Waals surface area contributed by atoms with Crippen molar-refractivity contribution in [3.05, 3.63) is 0 Å². The van der Waals surface area contributed by atoms with Crippen LogP contribution in [-0.2, 0) is 9.59 Å². The lowest BCUT2D eigenvalue weighted by Crippen LogP contribution is -2.48. The summed E-state index contributed by atoms with van der Waals surface area (Å²) < 4.78 is 0. The smallest absolute Gasteiger partial charge is 0.326 e. The molecule has 0 aliphatic heterocycles. The zero-order chi connectivity index (χ0) is 11.8. The Balaban J connectivity index is 4.00. The summed E-state index contributed by atoms with van der Waals surface area (Å²) in [5.74, 6) is 2.90. The largest absolute Gasteiger partial charge is 0.481 e. The summed E-state index contributed by atoms with van der Waals surface area (Å²) in [6, 6.07) is -0.923. The van der Waals surface area contributed by atoms with Crippen LogP contribution in [0.1, 0.15) is 19.3 Å². The van der Waals surface area contributed by atoms with Gasteiger partial charge in [0.15, 0.2) is 5.11 Å². The zero-order valence-electron chi connectivity index (χ0n) is 7.90. The van der Waals surface area contributed by atoms with Gasteiger partial charge in [0, 0.05) is 6.42 Å². The van der Waals surface area contributed by atoms with Gasteiger partial charge in [-0.05, 0) is 25.1 Å². The van der Waals surface area contributed by atoms with Crippen molar-refractivity contribution in [2.45, 2.75) is 25.3 Å². The number of hydrogen-bond donors (Lipinski definition) is 5. The third kappa shape index (κ3) is 6.63. The number of nitrogens with one attached hydrogen (secondary N) is 2. The van der Waals surface area contributed by atoms with E-state index in [4.69, 9.17) is 16.1 Å². The molecule has 0 bridgehead atoms. The van der Waals surface area contributed by atoms with E-state index in [1.165, 1.54) is 0 Å². The van der Waals surface area contributed by atoms with E-state index in [2.05, 4.69) is 23.0 Å². The highest BCUT2D eigenvalue weighted by Crippen LogP contribution is 2.01. The first-order valence-electron chi connectivity index (χ1n) is 4.19. The number of carboxylic acids is 2. The van der Waals surface area contributed by atoms with Crippen molar-refractivity contribution in [3.63, 3.8) is 0 Å². The van der Waals surface area contributed by atoms with E-state index in [-0.39, 0.29) is 24.4 Å². The minimum Gasteiger partial charge on any atom is -0.481 e. The Labute approximate surface area is 91.6 Å². The molecule has 0 saturated heterocycles. The second-order valence-electron chi connectivity index (χ2n) is 2.79. The Bertz CT molecular complexity index is 259. The van der Waals surface area contributed by atoms with E-state index in [0.29, 0.717) is 0 Å². The van der Waals surface area contributed by atoms with Crippen LogP contribution in [-0.4, -0.2) is 33.3 Å². The monoisotopic (exact) mass is 235 g/mol. The van der Waals surface area contributed by atoms with Gasteiger partial charge in [0.2, 0.25) is 0 Å². The molecule has 0 aromatic carbocycles. The van der Waals surface area contributed by atoms with Gasteiger partial charge in [-0.2, -0.15) is 0 Å². The average Bonchev–Trinajstić information content (AvgIpc) is 2.15. The van der Waals surface area contributed by atoms with Gasteiger partial charge in [0.1, 0.15) is 6.04 Å². The van der Waals surface area contributed by atoms with E-state index in [9.17, 15) is 9.59 Å². The first-order chi connectivity index (χ1) is 6.97. The highest BCUT2D eigenvalue weighted by Gasteiger charge is 2.17. The molecule has 1 unspecified atom stereocenters. The Kier molecular flexibility index (Phi) is 6.30. The lowest BCUT2D eigenvalue weighted by molar-refractivity contribution is -0.140. The number of carbonyl (C=O) groups is 2. The molecular weight excluding hydrogens is 222 g/mol. The van der Waals surface area contributed by atoms with Gasteiger partial charge in [-0.25, -0.2) is 10.6 Å². The highest BCUT2D eigenvalue weighted by molar-refractivity contribution is 7.80. The van der Waals surface area contributed by atoms with Crippen LogP contribution in [0.25, 0.3) is 0 Å². The van der Waals surface area contributed by atoms with E-state index in [1.807, 2.05) is 0 Å². The van der Waals surface area contributed by atoms with E-state index in [0.717, 1.165) is 0 Å². The molecule has 0 aliphatic carbocycles. The lowest BCUT2D eigenvalue weighted by Gasteiger charge is -2.14. The Morgan fingerprint density at radius 3 is 2.40 bits per heavy atom. The fourth-order valence-corrected chi connectivity index (χ4v) is 1.06. The van der Waals surface area contributed by atoms with Crippen molar-refractivity contribution in [2.75, 3.05) is 0 Å². The molecule has 0 saturated carbocycles. The number of nitrogens with two attached hydrogens (primary N) is 1. The first-order valence-corrected chi connectivity index (χ1v) is 4.60. The number of rotatable bonds is 6. The normalized spacial score (nSPS) is 11.5. The number of thiocarbonyl (C=S) groups is 1. The van der Waals surface area contributed by atoms with Crippen LogP contribution in [0, 0.1) is 0 Å². The van der Waals surface area contributed by atoms with Crippen LogP contribution in [0.15, 0.2) is 0 Å². The molecule has 0 radical (unpaired) electrons. The fourth-order valence-electron chi connectivity index (χ4n) is 0.915. The maximum absolute atomic E-state index is 10.7. The molecule has 0 spiro atoms. The summed E-state index contributed by atoms with van der Waals surface area (Å²) in [5, 5.41) is 19.6. The number of hydrogen-bond acceptors (Lipinski definition) is 4. The van der Waals surface area contributed by atoms with Gasteiger partial charge in [0.25, 0.3) is 0 Å². The van der Waals surface area contributed by atoms with Gasteiger partial charge in [-0.3, -0.25) is 4.79 Å². The molecule has 0 aliphatic rings. The highest BCUT2D eigenvalue weighted by atomic mass is 32.1. The van der Waals surface area contributed by atoms with Gasteiger partial charge in [-0.1, -0.05) is 0 Å². The molecule has 15 heavy (non-hydrogen) atoms. The van der Waals surface area contributed by atoms with Crippen molar-refractivity contribution < 1.29 is 19.8 Å². The van der Waals surface area contributed by atoms with Gasteiger partial charge >= 0.3 is 11.9 Å². The van der Waals surface area contributed by atoms with Crippen molar-refractivity contribution >= 4 is 29.3 Å². The first kappa shape index (κ1) is 13.6. The molecule has 1 atom stereocenters. The summed E-state index contributed by atoms with van der Waals surface area (Å²) in [6.45, 7) is 0. The fraction of sp³-hybridized carbons (Fsp3) is 0.571. The molecule has 8 heteroatoms. The topological polar surface area (TPSA) is 125 Å². The third-order valence-electron chi connectivity index (χ3n) is 1.62. The van der Waals surface area contributed by atoms with Crippen LogP contribution in [0.4, 0.5) is 0 Å². The van der Waals surface area contributed by atoms with Gasteiger partial charge < -0.3 is 21.0 Å². The van der Waals surface area contributed by atoms with Crippen molar-refractivity contribution in [2.24, 2.45) is 5.84 Å². The quantitative estimate of drug-likeness (QED) is 0.226. The van der Waals surface area contributed by atoms with Crippen molar-refractivity contribution in [3.8, 4) is 0 Å². The zero-order valence-corrected chi connectivity index (χ0v) is 8.71. The van der Waals surface area contributed by atoms with Crippen LogP contribution in [0.2, 0.25) is 0 Å². The molecular formula is C7H13N3O4S. The van der Waals surface area contributed by atoms with Crippen LogP contribution in [0.3, 0.4) is 0 Å². The molecule has 0 amide bonds. The molecule has 0 rings (SSSR count). The average molecular weight is 235 g/mol. The summed E-state index contributed by atoms with van der Waals surface area (Å²) in [6.07, 6.45) is 0.351. The van der Waals surface area contributed by atoms with Gasteiger partial charge in [0.05, 0.1) is 0 Å². The van der Waals surface area contributed by atoms with Crippen molar-refractivity contribution in [1.82, 2.24) is 10.7 Å². The maximum atomic E-state index is 10.7. The van der Waals surface area contributed by atoms with Crippen LogP contribution in [0.5, 0.6) is 0 Å². The third-order valence-corrected chi connectivity index (χ3v) is 1.85. The summed E-state index contributed by atoms with van der Waals surface area (Å²) >= 11 is 4.63. The number of aliphatic carboxylic acids is 2. The Hall–Kier alpha value is -1.41. The second-order valence-corrected chi connectivity index (χ2v) is 3.20. The standard InChI is InChI=1S/C7H13N3O4S/c8-10-7(15)9-4(6(13)14)2-1-3-5(11)12/h4H,1-3,8H2,(H,11,12)(H,13,14)(H2,9,10,15).